The lowest BCUT2D eigenvalue weighted by Crippen LogP contribution is -2.43. The average molecular weight is 314 g/mol. The van der Waals surface area contributed by atoms with Crippen LogP contribution in [0.2, 0.25) is 0 Å². The number of anilines is 1. The Morgan fingerprint density at radius 2 is 2.14 bits per heavy atom. The molecule has 2 heterocycles. The summed E-state index contributed by atoms with van der Waals surface area (Å²) in [6, 6.07) is 0.453. The van der Waals surface area contributed by atoms with E-state index in [0.29, 0.717) is 25.1 Å². The summed E-state index contributed by atoms with van der Waals surface area (Å²) in [5, 5.41) is 14.2. The van der Waals surface area contributed by atoms with Gasteiger partial charge in [-0.25, -0.2) is 4.98 Å². The van der Waals surface area contributed by atoms with Crippen molar-refractivity contribution in [2.45, 2.75) is 44.8 Å². The predicted molar refractivity (Wildman–Crippen MR) is 85.0 cm³/mol. The summed E-state index contributed by atoms with van der Waals surface area (Å²) in [6.45, 7) is 7.30. The van der Waals surface area contributed by atoms with Gasteiger partial charge in [-0.1, -0.05) is 13.8 Å². The number of β-amino-alcohol motifs (C(OH)–C–C–N with tert-alkyl or cyclic N) is 1. The second kappa shape index (κ2) is 8.03. The van der Waals surface area contributed by atoms with Crippen LogP contribution in [-0.4, -0.2) is 64.9 Å². The van der Waals surface area contributed by atoms with E-state index in [4.69, 9.17) is 4.74 Å². The van der Waals surface area contributed by atoms with Crippen LogP contribution in [0.15, 0.2) is 0 Å². The molecule has 0 aromatic carbocycles. The Labute approximate surface area is 130 Å². The van der Waals surface area contributed by atoms with Gasteiger partial charge in [0.05, 0.1) is 12.7 Å². The summed E-state index contributed by atoms with van der Waals surface area (Å²) in [4.78, 5) is 6.81. The van der Waals surface area contributed by atoms with Gasteiger partial charge in [-0.15, -0.1) is 0 Å². The molecule has 7 heteroatoms. The third-order valence-corrected chi connectivity index (χ3v) is 4.36. The van der Waals surface area contributed by atoms with Crippen LogP contribution in [0.3, 0.4) is 0 Å². The maximum Gasteiger partial charge on any atom is 0.202 e. The number of methoxy groups -OCH3 is 1. The van der Waals surface area contributed by atoms with Crippen LogP contribution in [0.4, 0.5) is 5.13 Å². The second-order valence-corrected chi connectivity index (χ2v) is 6.69. The quantitative estimate of drug-likeness (QED) is 0.796. The van der Waals surface area contributed by atoms with Crippen LogP contribution < -0.4 is 5.32 Å². The van der Waals surface area contributed by atoms with Gasteiger partial charge in [0.1, 0.15) is 5.82 Å². The number of piperidine rings is 1. The SMILES string of the molecule is COCC(O)CN1CCC(Nc2nc(C(C)C)ns2)CC1. The Morgan fingerprint density at radius 1 is 1.43 bits per heavy atom. The van der Waals surface area contributed by atoms with Crippen LogP contribution >= 0.6 is 11.5 Å². The van der Waals surface area contributed by atoms with Crippen molar-refractivity contribution in [3.05, 3.63) is 5.82 Å². The number of aliphatic hydroxyl groups is 1. The van der Waals surface area contributed by atoms with Crippen molar-refractivity contribution < 1.29 is 9.84 Å². The molecule has 0 saturated carbocycles. The monoisotopic (exact) mass is 314 g/mol. The molecule has 1 aromatic rings. The van der Waals surface area contributed by atoms with Gasteiger partial charge in [0.2, 0.25) is 5.13 Å². The zero-order valence-corrected chi connectivity index (χ0v) is 13.9. The number of ether oxygens (including phenoxy) is 1. The highest BCUT2D eigenvalue weighted by Gasteiger charge is 2.22. The van der Waals surface area contributed by atoms with E-state index in [1.807, 2.05) is 0 Å². The molecule has 0 amide bonds. The molecule has 21 heavy (non-hydrogen) atoms. The molecule has 0 bridgehead atoms. The summed E-state index contributed by atoms with van der Waals surface area (Å²) in [5.41, 5.74) is 0. The molecule has 1 saturated heterocycles. The molecule has 1 fully saturated rings. The van der Waals surface area contributed by atoms with Gasteiger partial charge in [0.25, 0.3) is 0 Å². The molecule has 6 nitrogen and oxygen atoms in total. The number of likely N-dealkylation sites (tertiary alicyclic amines) is 1. The van der Waals surface area contributed by atoms with Gasteiger partial charge in [0.15, 0.2) is 0 Å². The molecule has 1 aliphatic heterocycles. The minimum Gasteiger partial charge on any atom is -0.389 e. The van der Waals surface area contributed by atoms with Gasteiger partial charge < -0.3 is 20.1 Å². The van der Waals surface area contributed by atoms with E-state index in [1.165, 1.54) is 11.5 Å². The lowest BCUT2D eigenvalue weighted by molar-refractivity contribution is 0.0327. The van der Waals surface area contributed by atoms with E-state index in [0.717, 1.165) is 36.9 Å². The fourth-order valence-electron chi connectivity index (χ4n) is 2.51. The largest absolute Gasteiger partial charge is 0.389 e. The number of nitrogens with one attached hydrogen (secondary N) is 1. The van der Waals surface area contributed by atoms with E-state index in [9.17, 15) is 5.11 Å². The third kappa shape index (κ3) is 5.18. The number of nitrogens with zero attached hydrogens (tertiary/aromatic N) is 3. The minimum absolute atomic E-state index is 0.376. The molecule has 0 radical (unpaired) electrons. The number of aliphatic hydroxyl groups excluding tert-OH is 1. The first-order valence-corrected chi connectivity index (χ1v) is 8.35. The van der Waals surface area contributed by atoms with Crippen LogP contribution in [0.5, 0.6) is 0 Å². The van der Waals surface area contributed by atoms with E-state index in [-0.39, 0.29) is 0 Å². The smallest absolute Gasteiger partial charge is 0.202 e. The first kappa shape index (κ1) is 16.6. The normalized spacial score (nSPS) is 19.1. The highest BCUT2D eigenvalue weighted by Crippen LogP contribution is 2.21. The lowest BCUT2D eigenvalue weighted by Gasteiger charge is -2.33. The second-order valence-electron chi connectivity index (χ2n) is 5.94. The number of hydrogen-bond donors (Lipinski definition) is 2. The standard InChI is InChI=1S/C14H26N4O2S/c1-10(2)13-16-14(21-17-13)15-11-4-6-18(7-5-11)8-12(19)9-20-3/h10-12,19H,4-9H2,1-3H3,(H,15,16,17). The zero-order chi connectivity index (χ0) is 15.2. The van der Waals surface area contributed by atoms with Crippen molar-refractivity contribution in [1.29, 1.82) is 0 Å². The minimum atomic E-state index is -0.392. The molecule has 1 aromatic heterocycles. The van der Waals surface area contributed by atoms with Crippen molar-refractivity contribution in [2.75, 3.05) is 38.7 Å². The molecule has 1 atom stereocenters. The summed E-state index contributed by atoms with van der Waals surface area (Å²) in [6.07, 6.45) is 1.74. The molecule has 2 rings (SSSR count). The maximum atomic E-state index is 9.76. The maximum absolute atomic E-state index is 9.76. The number of rotatable bonds is 7. The highest BCUT2D eigenvalue weighted by atomic mass is 32.1. The van der Waals surface area contributed by atoms with Crippen molar-refractivity contribution in [1.82, 2.24) is 14.3 Å². The molecule has 2 N–H and O–H groups in total. The summed E-state index contributed by atoms with van der Waals surface area (Å²) in [5.74, 6) is 1.29. The van der Waals surface area contributed by atoms with Crippen LogP contribution in [0, 0.1) is 0 Å². The van der Waals surface area contributed by atoms with Gasteiger partial charge in [-0.2, -0.15) is 4.37 Å². The fourth-order valence-corrected chi connectivity index (χ4v) is 3.29. The summed E-state index contributed by atoms with van der Waals surface area (Å²) >= 11 is 1.45. The summed E-state index contributed by atoms with van der Waals surface area (Å²) in [7, 11) is 1.62. The highest BCUT2D eigenvalue weighted by molar-refractivity contribution is 7.09. The Balaban J connectivity index is 1.73. The number of aromatic nitrogens is 2. The van der Waals surface area contributed by atoms with Crippen molar-refractivity contribution >= 4 is 16.7 Å². The summed E-state index contributed by atoms with van der Waals surface area (Å²) < 4.78 is 9.33. The van der Waals surface area contributed by atoms with Crippen LogP contribution in [0.25, 0.3) is 0 Å². The predicted octanol–water partition coefficient (Wildman–Crippen LogP) is 1.55. The average Bonchev–Trinajstić information content (AvgIpc) is 2.90. The van der Waals surface area contributed by atoms with E-state index in [1.54, 1.807) is 7.11 Å². The molecule has 120 valence electrons. The van der Waals surface area contributed by atoms with E-state index >= 15 is 0 Å². The zero-order valence-electron chi connectivity index (χ0n) is 13.1. The number of hydrogen-bond acceptors (Lipinski definition) is 7. The Kier molecular flexibility index (Phi) is 6.35. The van der Waals surface area contributed by atoms with E-state index < -0.39 is 6.10 Å². The van der Waals surface area contributed by atoms with Crippen LogP contribution in [0.1, 0.15) is 38.4 Å². The first-order valence-electron chi connectivity index (χ1n) is 7.58. The molecular formula is C14H26N4O2S. The lowest BCUT2D eigenvalue weighted by atomic mass is 10.1. The van der Waals surface area contributed by atoms with Crippen LogP contribution in [-0.2, 0) is 4.74 Å². The Morgan fingerprint density at radius 3 is 2.71 bits per heavy atom. The first-order chi connectivity index (χ1) is 10.1. The van der Waals surface area contributed by atoms with Crippen molar-refractivity contribution in [2.24, 2.45) is 0 Å². The molecule has 1 unspecified atom stereocenters. The van der Waals surface area contributed by atoms with Gasteiger partial charge in [-0.3, -0.25) is 0 Å². The Bertz CT molecular complexity index is 419. The van der Waals surface area contributed by atoms with Gasteiger partial charge in [0, 0.05) is 50.2 Å². The van der Waals surface area contributed by atoms with Gasteiger partial charge in [-0.05, 0) is 12.8 Å². The fraction of sp³-hybridized carbons (Fsp3) is 0.857. The topological polar surface area (TPSA) is 70.5 Å². The van der Waals surface area contributed by atoms with Crippen molar-refractivity contribution in [3.8, 4) is 0 Å². The van der Waals surface area contributed by atoms with Crippen molar-refractivity contribution in [3.63, 3.8) is 0 Å². The molecular weight excluding hydrogens is 288 g/mol. The Hall–Kier alpha value is -0.760. The third-order valence-electron chi connectivity index (χ3n) is 3.70. The van der Waals surface area contributed by atoms with Gasteiger partial charge >= 0.3 is 0 Å². The molecule has 1 aliphatic rings. The molecule has 0 aliphatic carbocycles. The molecule has 0 spiro atoms. The van der Waals surface area contributed by atoms with E-state index in [2.05, 4.69) is 33.4 Å².